The van der Waals surface area contributed by atoms with Crippen molar-refractivity contribution in [3.8, 4) is 0 Å². The number of aliphatic hydroxyl groups excluding tert-OH is 2. The number of carbonyl (C=O) groups excluding carboxylic acids is 2. The summed E-state index contributed by atoms with van der Waals surface area (Å²) < 4.78 is 0. The predicted octanol–water partition coefficient (Wildman–Crippen LogP) is -2.38. The SMILES string of the molecule is O=C(NCCCO)C(=O)N1CCN(CCO)CC1. The quantitative estimate of drug-likeness (QED) is 0.379. The second kappa shape index (κ2) is 8.02. The standard InChI is InChI=1S/C11H21N3O4/c15-8-1-2-12-10(17)11(18)14-5-3-13(4-6-14)7-9-16/h15-16H,1-9H2,(H,12,17). The van der Waals surface area contributed by atoms with Crippen molar-refractivity contribution in [2.75, 3.05) is 52.5 Å². The van der Waals surface area contributed by atoms with Gasteiger partial charge in [0, 0.05) is 45.9 Å². The van der Waals surface area contributed by atoms with Gasteiger partial charge >= 0.3 is 11.8 Å². The number of piperazine rings is 1. The molecule has 0 atom stereocenters. The Morgan fingerprint density at radius 3 is 2.28 bits per heavy atom. The smallest absolute Gasteiger partial charge is 0.311 e. The van der Waals surface area contributed by atoms with E-state index in [0.717, 1.165) is 0 Å². The predicted molar refractivity (Wildman–Crippen MR) is 64.8 cm³/mol. The molecule has 0 aliphatic carbocycles. The van der Waals surface area contributed by atoms with Crippen molar-refractivity contribution in [2.45, 2.75) is 6.42 Å². The van der Waals surface area contributed by atoms with Crippen molar-refractivity contribution >= 4 is 11.8 Å². The Kier molecular flexibility index (Phi) is 6.63. The Morgan fingerprint density at radius 2 is 1.72 bits per heavy atom. The molecule has 2 amide bonds. The van der Waals surface area contributed by atoms with Gasteiger partial charge in [-0.1, -0.05) is 0 Å². The number of amides is 2. The van der Waals surface area contributed by atoms with Crippen LogP contribution in [0.2, 0.25) is 0 Å². The maximum absolute atomic E-state index is 11.7. The van der Waals surface area contributed by atoms with E-state index in [0.29, 0.717) is 45.7 Å². The maximum atomic E-state index is 11.7. The summed E-state index contributed by atoms with van der Waals surface area (Å²) in [5.74, 6) is -1.13. The Bertz CT molecular complexity index is 277. The lowest BCUT2D eigenvalue weighted by Crippen LogP contribution is -2.53. The Hall–Kier alpha value is -1.18. The second-order valence-corrected chi connectivity index (χ2v) is 4.19. The third-order valence-electron chi connectivity index (χ3n) is 2.89. The van der Waals surface area contributed by atoms with Crippen molar-refractivity contribution in [2.24, 2.45) is 0 Å². The zero-order valence-electron chi connectivity index (χ0n) is 10.5. The van der Waals surface area contributed by atoms with Gasteiger partial charge in [0.15, 0.2) is 0 Å². The van der Waals surface area contributed by atoms with E-state index in [4.69, 9.17) is 10.2 Å². The second-order valence-electron chi connectivity index (χ2n) is 4.19. The molecule has 1 aliphatic rings. The number of β-amino-alcohol motifs (C(OH)–C–C–N with tert-alkyl or cyclic N) is 1. The molecule has 7 nitrogen and oxygen atoms in total. The Labute approximate surface area is 106 Å². The Balaban J connectivity index is 2.28. The molecule has 0 unspecified atom stereocenters. The first-order chi connectivity index (χ1) is 8.69. The van der Waals surface area contributed by atoms with Gasteiger partial charge < -0.3 is 20.4 Å². The first-order valence-corrected chi connectivity index (χ1v) is 6.20. The van der Waals surface area contributed by atoms with Gasteiger partial charge in [-0.3, -0.25) is 14.5 Å². The number of hydrogen-bond acceptors (Lipinski definition) is 5. The first kappa shape index (κ1) is 14.9. The largest absolute Gasteiger partial charge is 0.396 e. The lowest BCUT2D eigenvalue weighted by Gasteiger charge is -2.33. The normalized spacial score (nSPS) is 16.7. The highest BCUT2D eigenvalue weighted by atomic mass is 16.3. The van der Waals surface area contributed by atoms with Gasteiger partial charge in [-0.2, -0.15) is 0 Å². The van der Waals surface area contributed by atoms with Crippen molar-refractivity contribution in [1.29, 1.82) is 0 Å². The van der Waals surface area contributed by atoms with E-state index in [2.05, 4.69) is 5.32 Å². The van der Waals surface area contributed by atoms with Crippen LogP contribution < -0.4 is 5.32 Å². The summed E-state index contributed by atoms with van der Waals surface area (Å²) in [7, 11) is 0. The monoisotopic (exact) mass is 259 g/mol. The summed E-state index contributed by atoms with van der Waals surface area (Å²) >= 11 is 0. The minimum absolute atomic E-state index is 0.00565. The molecule has 18 heavy (non-hydrogen) atoms. The first-order valence-electron chi connectivity index (χ1n) is 6.20. The molecule has 0 saturated carbocycles. The molecule has 1 fully saturated rings. The molecule has 1 aliphatic heterocycles. The van der Waals surface area contributed by atoms with Gasteiger partial charge in [0.1, 0.15) is 0 Å². The number of nitrogens with one attached hydrogen (secondary N) is 1. The molecule has 0 aromatic rings. The lowest BCUT2D eigenvalue weighted by molar-refractivity contribution is -0.147. The van der Waals surface area contributed by atoms with Gasteiger partial charge in [0.25, 0.3) is 0 Å². The van der Waals surface area contributed by atoms with Gasteiger partial charge in [0.05, 0.1) is 6.61 Å². The zero-order valence-corrected chi connectivity index (χ0v) is 10.5. The molecule has 1 saturated heterocycles. The van der Waals surface area contributed by atoms with Crippen molar-refractivity contribution in [3.05, 3.63) is 0 Å². The van der Waals surface area contributed by atoms with E-state index in [1.807, 2.05) is 4.90 Å². The van der Waals surface area contributed by atoms with Crippen molar-refractivity contribution < 1.29 is 19.8 Å². The highest BCUT2D eigenvalue weighted by Gasteiger charge is 2.25. The van der Waals surface area contributed by atoms with Crippen LogP contribution in [0.5, 0.6) is 0 Å². The number of carbonyl (C=O) groups is 2. The molecule has 7 heteroatoms. The minimum Gasteiger partial charge on any atom is -0.396 e. The van der Waals surface area contributed by atoms with Gasteiger partial charge in [-0.15, -0.1) is 0 Å². The summed E-state index contributed by atoms with van der Waals surface area (Å²) in [5.41, 5.74) is 0. The van der Waals surface area contributed by atoms with Gasteiger partial charge in [-0.25, -0.2) is 0 Å². The molecule has 0 bridgehead atoms. The average Bonchev–Trinajstić information content (AvgIpc) is 2.39. The highest BCUT2D eigenvalue weighted by Crippen LogP contribution is 2.01. The fraction of sp³-hybridized carbons (Fsp3) is 0.818. The van der Waals surface area contributed by atoms with Crippen LogP contribution >= 0.6 is 0 Å². The van der Waals surface area contributed by atoms with E-state index in [1.54, 1.807) is 0 Å². The van der Waals surface area contributed by atoms with Crippen molar-refractivity contribution in [3.63, 3.8) is 0 Å². The van der Waals surface area contributed by atoms with Crippen LogP contribution in [-0.2, 0) is 9.59 Å². The fourth-order valence-electron chi connectivity index (χ4n) is 1.82. The highest BCUT2D eigenvalue weighted by molar-refractivity contribution is 6.35. The van der Waals surface area contributed by atoms with Crippen LogP contribution in [0.1, 0.15) is 6.42 Å². The number of nitrogens with zero attached hydrogens (tertiary/aromatic N) is 2. The topological polar surface area (TPSA) is 93.1 Å². The van der Waals surface area contributed by atoms with E-state index in [-0.39, 0.29) is 13.2 Å². The third kappa shape index (κ3) is 4.59. The summed E-state index contributed by atoms with van der Waals surface area (Å²) in [4.78, 5) is 26.8. The number of aliphatic hydroxyl groups is 2. The number of rotatable bonds is 5. The van der Waals surface area contributed by atoms with Crippen LogP contribution in [0.25, 0.3) is 0 Å². The molecule has 3 N–H and O–H groups in total. The fourth-order valence-corrected chi connectivity index (χ4v) is 1.82. The summed E-state index contributed by atoms with van der Waals surface area (Å²) in [5, 5.41) is 19.8. The molecule has 0 aromatic heterocycles. The van der Waals surface area contributed by atoms with Crippen LogP contribution in [-0.4, -0.2) is 84.3 Å². The lowest BCUT2D eigenvalue weighted by atomic mass is 10.3. The van der Waals surface area contributed by atoms with Crippen LogP contribution in [0.15, 0.2) is 0 Å². The van der Waals surface area contributed by atoms with Crippen LogP contribution in [0.4, 0.5) is 0 Å². The molecular weight excluding hydrogens is 238 g/mol. The van der Waals surface area contributed by atoms with E-state index in [1.165, 1.54) is 4.90 Å². The van der Waals surface area contributed by atoms with Gasteiger partial charge in [-0.05, 0) is 6.42 Å². The summed E-state index contributed by atoms with van der Waals surface area (Å²) in [6.45, 7) is 3.38. The van der Waals surface area contributed by atoms with Gasteiger partial charge in [0.2, 0.25) is 0 Å². The molecule has 0 spiro atoms. The van der Waals surface area contributed by atoms with E-state index in [9.17, 15) is 9.59 Å². The molecule has 0 radical (unpaired) electrons. The van der Waals surface area contributed by atoms with Crippen molar-refractivity contribution in [1.82, 2.24) is 15.1 Å². The molecule has 0 aromatic carbocycles. The molecule has 1 rings (SSSR count). The van der Waals surface area contributed by atoms with E-state index < -0.39 is 11.8 Å². The van der Waals surface area contributed by atoms with Crippen LogP contribution in [0.3, 0.4) is 0 Å². The van der Waals surface area contributed by atoms with E-state index >= 15 is 0 Å². The molecular formula is C11H21N3O4. The Morgan fingerprint density at radius 1 is 1.06 bits per heavy atom. The summed E-state index contributed by atoms with van der Waals surface area (Å²) in [6, 6.07) is 0. The minimum atomic E-state index is -0.612. The number of hydrogen-bond donors (Lipinski definition) is 3. The maximum Gasteiger partial charge on any atom is 0.311 e. The van der Waals surface area contributed by atoms with Crippen LogP contribution in [0, 0.1) is 0 Å². The average molecular weight is 259 g/mol. The third-order valence-corrected chi connectivity index (χ3v) is 2.89. The molecule has 104 valence electrons. The summed E-state index contributed by atoms with van der Waals surface area (Å²) in [6.07, 6.45) is 0.448. The molecule has 1 heterocycles. The zero-order chi connectivity index (χ0) is 13.4.